The number of anilines is 2. The second kappa shape index (κ2) is 6.17. The zero-order valence-electron chi connectivity index (χ0n) is 12.7. The first-order valence-corrected chi connectivity index (χ1v) is 6.98. The Balaban J connectivity index is 1.89. The van der Waals surface area contributed by atoms with Crippen molar-refractivity contribution in [2.75, 3.05) is 36.6 Å². The molecule has 0 unspecified atom stereocenters. The van der Waals surface area contributed by atoms with Crippen molar-refractivity contribution in [3.8, 4) is 0 Å². The lowest BCUT2D eigenvalue weighted by molar-refractivity contribution is 0.0240. The first kappa shape index (κ1) is 15.4. The van der Waals surface area contributed by atoms with Gasteiger partial charge in [-0.05, 0) is 32.9 Å². The molecule has 1 aromatic heterocycles. The van der Waals surface area contributed by atoms with E-state index in [9.17, 15) is 4.79 Å². The summed E-state index contributed by atoms with van der Waals surface area (Å²) in [7, 11) is 0. The number of hydrogen-bond acceptors (Lipinski definition) is 6. The molecule has 116 valence electrons. The molecule has 2 heterocycles. The molecule has 1 fully saturated rings. The predicted molar refractivity (Wildman–Crippen MR) is 79.7 cm³/mol. The van der Waals surface area contributed by atoms with E-state index in [1.807, 2.05) is 26.8 Å². The number of carbonyl (C=O) groups is 1. The van der Waals surface area contributed by atoms with Gasteiger partial charge in [0.25, 0.3) is 0 Å². The number of carbonyl (C=O) groups excluding carboxylic acids is 1. The van der Waals surface area contributed by atoms with Gasteiger partial charge in [-0.1, -0.05) is 0 Å². The number of aromatic nitrogens is 1. The van der Waals surface area contributed by atoms with Crippen molar-refractivity contribution in [1.29, 1.82) is 0 Å². The summed E-state index contributed by atoms with van der Waals surface area (Å²) in [4.78, 5) is 20.1. The Labute approximate surface area is 124 Å². The van der Waals surface area contributed by atoms with Crippen LogP contribution in [0.25, 0.3) is 0 Å². The van der Waals surface area contributed by atoms with Crippen molar-refractivity contribution in [1.82, 2.24) is 9.88 Å². The molecule has 2 rings (SSSR count). The molecule has 1 saturated heterocycles. The van der Waals surface area contributed by atoms with E-state index in [2.05, 4.69) is 15.4 Å². The van der Waals surface area contributed by atoms with Gasteiger partial charge in [-0.25, -0.2) is 9.78 Å². The Morgan fingerprint density at radius 3 is 2.43 bits per heavy atom. The van der Waals surface area contributed by atoms with Crippen LogP contribution in [0.3, 0.4) is 0 Å². The molecule has 7 nitrogen and oxygen atoms in total. The molecule has 0 atom stereocenters. The molecule has 2 N–H and O–H groups in total. The van der Waals surface area contributed by atoms with Gasteiger partial charge in [0, 0.05) is 26.2 Å². The summed E-state index contributed by atoms with van der Waals surface area (Å²) < 4.78 is 5.37. The summed E-state index contributed by atoms with van der Waals surface area (Å²) in [5, 5.41) is 8.77. The van der Waals surface area contributed by atoms with Crippen molar-refractivity contribution in [2.24, 2.45) is 0 Å². The zero-order chi connectivity index (χ0) is 15.5. The molecular weight excluding hydrogens is 272 g/mol. The van der Waals surface area contributed by atoms with Crippen LogP contribution in [-0.4, -0.2) is 53.0 Å². The second-order valence-electron chi connectivity index (χ2n) is 5.97. The number of rotatable bonds is 2. The molecule has 0 bridgehead atoms. The third-order valence-corrected chi connectivity index (χ3v) is 3.13. The van der Waals surface area contributed by atoms with Crippen molar-refractivity contribution in [2.45, 2.75) is 26.4 Å². The van der Waals surface area contributed by atoms with Gasteiger partial charge in [0.15, 0.2) is 0 Å². The van der Waals surface area contributed by atoms with Crippen LogP contribution < -0.4 is 10.4 Å². The molecule has 7 heteroatoms. The summed E-state index contributed by atoms with van der Waals surface area (Å²) in [6, 6.07) is 3.59. The number of ether oxygens (including phenoxy) is 1. The van der Waals surface area contributed by atoms with E-state index >= 15 is 0 Å². The van der Waals surface area contributed by atoms with Crippen LogP contribution >= 0.6 is 0 Å². The average Bonchev–Trinajstić information content (AvgIpc) is 2.46. The van der Waals surface area contributed by atoms with Crippen LogP contribution in [0, 0.1) is 0 Å². The van der Waals surface area contributed by atoms with Crippen molar-refractivity contribution < 1.29 is 14.7 Å². The van der Waals surface area contributed by atoms with Crippen molar-refractivity contribution >= 4 is 17.6 Å². The number of nitrogens with zero attached hydrogens (tertiary/aromatic N) is 3. The van der Waals surface area contributed by atoms with Gasteiger partial charge in [-0.2, -0.15) is 0 Å². The average molecular weight is 294 g/mol. The van der Waals surface area contributed by atoms with Gasteiger partial charge in [-0.3, -0.25) is 10.7 Å². The number of piperazine rings is 1. The van der Waals surface area contributed by atoms with Gasteiger partial charge < -0.3 is 14.5 Å². The monoisotopic (exact) mass is 294 g/mol. The van der Waals surface area contributed by atoms with Gasteiger partial charge in [0.1, 0.15) is 11.4 Å². The summed E-state index contributed by atoms with van der Waals surface area (Å²) in [6.45, 7) is 8.22. The summed E-state index contributed by atoms with van der Waals surface area (Å²) in [5.41, 5.74) is 2.13. The SMILES string of the molecule is CC(C)(C)OC(=O)N1CCN(c2ccc(NO)cn2)CC1. The van der Waals surface area contributed by atoms with Crippen LogP contribution in [0.2, 0.25) is 0 Å². The molecule has 0 aliphatic carbocycles. The minimum absolute atomic E-state index is 0.269. The normalized spacial score (nSPS) is 15.8. The lowest BCUT2D eigenvalue weighted by Gasteiger charge is -2.36. The van der Waals surface area contributed by atoms with E-state index in [0.717, 1.165) is 5.82 Å². The van der Waals surface area contributed by atoms with E-state index in [4.69, 9.17) is 9.94 Å². The molecule has 0 aromatic carbocycles. The van der Waals surface area contributed by atoms with Gasteiger partial charge in [0.05, 0.1) is 11.9 Å². The third kappa shape index (κ3) is 4.22. The minimum atomic E-state index is -0.469. The molecule has 0 saturated carbocycles. The first-order chi connectivity index (χ1) is 9.89. The maximum Gasteiger partial charge on any atom is 0.410 e. The van der Waals surface area contributed by atoms with E-state index in [0.29, 0.717) is 31.9 Å². The maximum atomic E-state index is 12.0. The first-order valence-electron chi connectivity index (χ1n) is 6.98. The smallest absolute Gasteiger partial charge is 0.410 e. The lowest BCUT2D eigenvalue weighted by atomic mass is 10.2. The largest absolute Gasteiger partial charge is 0.444 e. The van der Waals surface area contributed by atoms with Crippen LogP contribution in [0.4, 0.5) is 16.3 Å². The Morgan fingerprint density at radius 1 is 1.29 bits per heavy atom. The van der Waals surface area contributed by atoms with Crippen LogP contribution in [0.5, 0.6) is 0 Å². The van der Waals surface area contributed by atoms with E-state index in [-0.39, 0.29) is 6.09 Å². The standard InChI is InChI=1S/C14H22N4O3/c1-14(2,3)21-13(19)18-8-6-17(7-9-18)12-5-4-11(16-20)10-15-12/h4-5,10,16,20H,6-9H2,1-3H3. The van der Waals surface area contributed by atoms with Crippen molar-refractivity contribution in [3.63, 3.8) is 0 Å². The lowest BCUT2D eigenvalue weighted by Crippen LogP contribution is -2.50. The summed E-state index contributed by atoms with van der Waals surface area (Å²) >= 11 is 0. The van der Waals surface area contributed by atoms with E-state index < -0.39 is 5.60 Å². The fraction of sp³-hybridized carbons (Fsp3) is 0.571. The van der Waals surface area contributed by atoms with E-state index in [1.54, 1.807) is 17.2 Å². The highest BCUT2D eigenvalue weighted by Gasteiger charge is 2.26. The topological polar surface area (TPSA) is 77.9 Å². The summed E-state index contributed by atoms with van der Waals surface area (Å²) in [5.74, 6) is 0.831. The van der Waals surface area contributed by atoms with Crippen LogP contribution in [-0.2, 0) is 4.74 Å². The Morgan fingerprint density at radius 2 is 1.95 bits per heavy atom. The van der Waals surface area contributed by atoms with Crippen LogP contribution in [0.1, 0.15) is 20.8 Å². The molecule has 1 aromatic rings. The molecule has 0 spiro atoms. The number of nitrogens with one attached hydrogen (secondary N) is 1. The van der Waals surface area contributed by atoms with Gasteiger partial charge >= 0.3 is 6.09 Å². The molecule has 1 aliphatic rings. The number of hydrogen-bond donors (Lipinski definition) is 2. The third-order valence-electron chi connectivity index (χ3n) is 3.13. The quantitative estimate of drug-likeness (QED) is 0.812. The highest BCUT2D eigenvalue weighted by molar-refractivity contribution is 5.68. The Kier molecular flexibility index (Phi) is 4.52. The highest BCUT2D eigenvalue weighted by atomic mass is 16.6. The predicted octanol–water partition coefficient (Wildman–Crippen LogP) is 1.94. The Bertz CT molecular complexity index is 476. The molecule has 0 radical (unpaired) electrons. The van der Waals surface area contributed by atoms with Gasteiger partial charge in [0.2, 0.25) is 0 Å². The van der Waals surface area contributed by atoms with Crippen molar-refractivity contribution in [3.05, 3.63) is 18.3 Å². The second-order valence-corrected chi connectivity index (χ2v) is 5.97. The zero-order valence-corrected chi connectivity index (χ0v) is 12.7. The molecule has 1 aliphatic heterocycles. The summed E-state index contributed by atoms with van der Waals surface area (Å²) in [6.07, 6.45) is 1.30. The molecule has 1 amide bonds. The number of pyridine rings is 1. The maximum absolute atomic E-state index is 12.0. The Hall–Kier alpha value is -2.02. The fourth-order valence-electron chi connectivity index (χ4n) is 2.08. The minimum Gasteiger partial charge on any atom is -0.444 e. The van der Waals surface area contributed by atoms with E-state index in [1.165, 1.54) is 0 Å². The molecular formula is C14H22N4O3. The van der Waals surface area contributed by atoms with Gasteiger partial charge in [-0.15, -0.1) is 0 Å². The number of amides is 1. The fourth-order valence-corrected chi connectivity index (χ4v) is 2.08. The van der Waals surface area contributed by atoms with Crippen LogP contribution in [0.15, 0.2) is 18.3 Å². The molecule has 21 heavy (non-hydrogen) atoms. The highest BCUT2D eigenvalue weighted by Crippen LogP contribution is 2.17.